The van der Waals surface area contributed by atoms with E-state index in [9.17, 15) is 4.79 Å². The number of carbonyl (C=O) groups is 1. The molecular formula is C22H27N3O3. The van der Waals surface area contributed by atoms with Gasteiger partial charge in [0.05, 0.1) is 11.9 Å². The lowest BCUT2D eigenvalue weighted by Gasteiger charge is -2.35. The third-order valence-corrected chi connectivity index (χ3v) is 5.66. The Morgan fingerprint density at radius 2 is 2.00 bits per heavy atom. The first-order valence-corrected chi connectivity index (χ1v) is 10.1. The molecule has 2 aliphatic heterocycles. The Morgan fingerprint density at radius 1 is 1.18 bits per heavy atom. The van der Waals surface area contributed by atoms with Gasteiger partial charge in [-0.05, 0) is 44.2 Å². The molecule has 1 unspecified atom stereocenters. The Balaban J connectivity index is 1.45. The molecule has 0 bridgehead atoms. The highest BCUT2D eigenvalue weighted by molar-refractivity contribution is 5.79. The minimum absolute atomic E-state index is 0.106. The van der Waals surface area contributed by atoms with E-state index in [1.165, 1.54) is 0 Å². The number of aromatic nitrogens is 2. The number of carbonyl (C=O) groups excluding carboxylic acids is 1. The molecule has 2 fully saturated rings. The predicted octanol–water partition coefficient (Wildman–Crippen LogP) is 3.71. The molecule has 6 heteroatoms. The maximum Gasteiger partial charge on any atom is 0.238 e. The molecule has 148 valence electrons. The summed E-state index contributed by atoms with van der Waals surface area (Å²) in [5.74, 6) is 1.86. The Morgan fingerprint density at radius 3 is 2.82 bits per heavy atom. The van der Waals surface area contributed by atoms with Gasteiger partial charge in [0, 0.05) is 44.3 Å². The number of para-hydroxylation sites is 1. The summed E-state index contributed by atoms with van der Waals surface area (Å²) in [6.45, 7) is 4.93. The van der Waals surface area contributed by atoms with Crippen LogP contribution in [0.25, 0.3) is 0 Å². The number of aryl methyl sites for hydroxylation is 1. The molecule has 1 amide bonds. The van der Waals surface area contributed by atoms with E-state index < -0.39 is 0 Å². The molecule has 1 atom stereocenters. The van der Waals surface area contributed by atoms with Crippen LogP contribution in [0.2, 0.25) is 0 Å². The van der Waals surface area contributed by atoms with Crippen LogP contribution in [0, 0.1) is 12.8 Å². The van der Waals surface area contributed by atoms with Gasteiger partial charge >= 0.3 is 0 Å². The molecule has 1 aromatic heterocycles. The van der Waals surface area contributed by atoms with Crippen LogP contribution in [0.3, 0.4) is 0 Å². The van der Waals surface area contributed by atoms with Crippen molar-refractivity contribution in [3.8, 4) is 11.6 Å². The van der Waals surface area contributed by atoms with E-state index in [0.717, 1.165) is 49.2 Å². The molecule has 6 nitrogen and oxygen atoms in total. The van der Waals surface area contributed by atoms with Gasteiger partial charge in [0.2, 0.25) is 11.8 Å². The van der Waals surface area contributed by atoms with Gasteiger partial charge in [0.25, 0.3) is 0 Å². The normalized spacial score (nSPS) is 20.8. The van der Waals surface area contributed by atoms with Crippen molar-refractivity contribution in [1.82, 2.24) is 14.9 Å². The van der Waals surface area contributed by atoms with Crippen LogP contribution in [-0.2, 0) is 9.53 Å². The van der Waals surface area contributed by atoms with Crippen LogP contribution >= 0.6 is 0 Å². The van der Waals surface area contributed by atoms with E-state index in [0.29, 0.717) is 25.6 Å². The number of piperidine rings is 1. The Bertz CT molecular complexity index is 820. The summed E-state index contributed by atoms with van der Waals surface area (Å²) in [4.78, 5) is 23.9. The topological polar surface area (TPSA) is 64.5 Å². The lowest BCUT2D eigenvalue weighted by Crippen LogP contribution is -2.43. The number of hydrogen-bond donors (Lipinski definition) is 0. The lowest BCUT2D eigenvalue weighted by atomic mass is 9.92. The second-order valence-electron chi connectivity index (χ2n) is 7.66. The van der Waals surface area contributed by atoms with E-state index in [4.69, 9.17) is 14.5 Å². The van der Waals surface area contributed by atoms with Crippen molar-refractivity contribution in [2.45, 2.75) is 38.5 Å². The average Bonchev–Trinajstić information content (AvgIpc) is 2.76. The van der Waals surface area contributed by atoms with Crippen molar-refractivity contribution in [3.63, 3.8) is 0 Å². The summed E-state index contributed by atoms with van der Waals surface area (Å²) in [6.07, 6.45) is 7.12. The van der Waals surface area contributed by atoms with E-state index in [1.54, 1.807) is 12.4 Å². The summed E-state index contributed by atoms with van der Waals surface area (Å²) < 4.78 is 11.3. The van der Waals surface area contributed by atoms with Gasteiger partial charge in [-0.25, -0.2) is 4.98 Å². The standard InChI is InChI=1S/C22H27N3O3/c1-16-5-2-3-7-20(16)28-21-14-23-13-19(24-21)18-6-4-10-25(15-18)22(26)17-8-11-27-12-9-17/h2-3,5,7,13-14,17-18H,4,6,8-12,15H2,1H3. The molecule has 2 aliphatic rings. The molecule has 2 aromatic rings. The fourth-order valence-electron chi connectivity index (χ4n) is 4.01. The van der Waals surface area contributed by atoms with Gasteiger partial charge in [0.1, 0.15) is 5.75 Å². The molecule has 0 radical (unpaired) electrons. The summed E-state index contributed by atoms with van der Waals surface area (Å²) in [5.41, 5.74) is 1.95. The molecule has 0 aliphatic carbocycles. The van der Waals surface area contributed by atoms with Crippen molar-refractivity contribution < 1.29 is 14.3 Å². The summed E-state index contributed by atoms with van der Waals surface area (Å²) in [6, 6.07) is 7.86. The number of hydrogen-bond acceptors (Lipinski definition) is 5. The quantitative estimate of drug-likeness (QED) is 0.808. The number of nitrogens with zero attached hydrogens (tertiary/aromatic N) is 3. The second-order valence-corrected chi connectivity index (χ2v) is 7.66. The van der Waals surface area contributed by atoms with Gasteiger partial charge in [0.15, 0.2) is 0 Å². The molecule has 28 heavy (non-hydrogen) atoms. The molecule has 3 heterocycles. The summed E-state index contributed by atoms with van der Waals surface area (Å²) >= 11 is 0. The average molecular weight is 381 g/mol. The molecule has 4 rings (SSSR count). The maximum atomic E-state index is 12.9. The maximum absolute atomic E-state index is 12.9. The molecule has 0 saturated carbocycles. The number of benzene rings is 1. The first kappa shape index (κ1) is 18.9. The lowest BCUT2D eigenvalue weighted by molar-refractivity contribution is -0.139. The fourth-order valence-corrected chi connectivity index (χ4v) is 4.01. The van der Waals surface area contributed by atoms with E-state index in [1.807, 2.05) is 36.1 Å². The first-order chi connectivity index (χ1) is 13.7. The zero-order chi connectivity index (χ0) is 19.3. The third kappa shape index (κ3) is 4.33. The smallest absolute Gasteiger partial charge is 0.238 e. The molecule has 0 spiro atoms. The predicted molar refractivity (Wildman–Crippen MR) is 105 cm³/mol. The Hall–Kier alpha value is -2.47. The highest BCUT2D eigenvalue weighted by Crippen LogP contribution is 2.30. The van der Waals surface area contributed by atoms with Gasteiger partial charge in [-0.1, -0.05) is 18.2 Å². The van der Waals surface area contributed by atoms with Crippen LogP contribution in [0.4, 0.5) is 0 Å². The highest BCUT2D eigenvalue weighted by Gasteiger charge is 2.31. The van der Waals surface area contributed by atoms with Crippen LogP contribution in [-0.4, -0.2) is 47.1 Å². The Labute approximate surface area is 165 Å². The summed E-state index contributed by atoms with van der Waals surface area (Å²) in [5, 5.41) is 0. The van der Waals surface area contributed by atoms with Crippen molar-refractivity contribution in [1.29, 1.82) is 0 Å². The van der Waals surface area contributed by atoms with Crippen molar-refractivity contribution >= 4 is 5.91 Å². The number of ether oxygens (including phenoxy) is 2. The molecule has 2 saturated heterocycles. The van der Waals surface area contributed by atoms with Gasteiger partial charge in [-0.3, -0.25) is 9.78 Å². The van der Waals surface area contributed by atoms with Crippen LogP contribution in [0.5, 0.6) is 11.6 Å². The van der Waals surface area contributed by atoms with Crippen molar-refractivity contribution in [3.05, 3.63) is 47.9 Å². The number of amides is 1. The second kappa shape index (κ2) is 8.69. The molecular weight excluding hydrogens is 354 g/mol. The fraction of sp³-hybridized carbons (Fsp3) is 0.500. The van der Waals surface area contributed by atoms with E-state index >= 15 is 0 Å². The first-order valence-electron chi connectivity index (χ1n) is 10.1. The van der Waals surface area contributed by atoms with Crippen molar-refractivity contribution in [2.24, 2.45) is 5.92 Å². The number of rotatable bonds is 4. The van der Waals surface area contributed by atoms with Gasteiger partial charge < -0.3 is 14.4 Å². The van der Waals surface area contributed by atoms with E-state index in [-0.39, 0.29) is 17.7 Å². The monoisotopic (exact) mass is 381 g/mol. The molecule has 0 N–H and O–H groups in total. The minimum atomic E-state index is 0.106. The highest BCUT2D eigenvalue weighted by atomic mass is 16.5. The van der Waals surface area contributed by atoms with Crippen molar-refractivity contribution in [2.75, 3.05) is 26.3 Å². The summed E-state index contributed by atoms with van der Waals surface area (Å²) in [7, 11) is 0. The third-order valence-electron chi connectivity index (χ3n) is 5.66. The SMILES string of the molecule is Cc1ccccc1Oc1cncc(C2CCCN(C(=O)C3CCOCC3)C2)n1. The largest absolute Gasteiger partial charge is 0.437 e. The van der Waals surface area contributed by atoms with Crippen LogP contribution < -0.4 is 4.74 Å². The zero-order valence-electron chi connectivity index (χ0n) is 16.3. The van der Waals surface area contributed by atoms with Crippen LogP contribution in [0.1, 0.15) is 42.9 Å². The Kier molecular flexibility index (Phi) is 5.86. The van der Waals surface area contributed by atoms with Gasteiger partial charge in [-0.2, -0.15) is 0 Å². The van der Waals surface area contributed by atoms with E-state index in [2.05, 4.69) is 4.98 Å². The minimum Gasteiger partial charge on any atom is -0.437 e. The van der Waals surface area contributed by atoms with Gasteiger partial charge in [-0.15, -0.1) is 0 Å². The zero-order valence-corrected chi connectivity index (χ0v) is 16.3. The molecule has 1 aromatic carbocycles. The number of likely N-dealkylation sites (tertiary alicyclic amines) is 1. The van der Waals surface area contributed by atoms with Crippen LogP contribution in [0.15, 0.2) is 36.7 Å².